The van der Waals surface area contributed by atoms with Gasteiger partial charge < -0.3 is 20.2 Å². The van der Waals surface area contributed by atoms with Gasteiger partial charge in [0.25, 0.3) is 5.91 Å². The van der Waals surface area contributed by atoms with Crippen LogP contribution in [0.5, 0.6) is 0 Å². The van der Waals surface area contributed by atoms with E-state index in [1.807, 2.05) is 0 Å². The molecule has 0 bridgehead atoms. The van der Waals surface area contributed by atoms with E-state index in [2.05, 4.69) is 31.2 Å². The van der Waals surface area contributed by atoms with Crippen molar-refractivity contribution in [2.45, 2.75) is 0 Å². The van der Waals surface area contributed by atoms with Crippen LogP contribution in [-0.2, 0) is 0 Å². The number of carbonyl (C=O) groups is 2. The highest BCUT2D eigenvalue weighted by atomic mass is 79.9. The Morgan fingerprint density at radius 2 is 1.94 bits per heavy atom. The van der Waals surface area contributed by atoms with E-state index in [4.69, 9.17) is 0 Å². The van der Waals surface area contributed by atoms with Gasteiger partial charge in [0.1, 0.15) is 0 Å². The summed E-state index contributed by atoms with van der Waals surface area (Å²) in [7, 11) is 0. The predicted octanol–water partition coefficient (Wildman–Crippen LogP) is 0.788. The minimum atomic E-state index is -1.48. The number of aromatic amines is 1. The van der Waals surface area contributed by atoms with Gasteiger partial charge in [0.2, 0.25) is 0 Å². The molecular formula is C11H7BrN3O3-. The Hall–Kier alpha value is -2.15. The number of aromatic nitrogens is 2. The van der Waals surface area contributed by atoms with Gasteiger partial charge in [-0.2, -0.15) is 0 Å². The molecule has 0 spiro atoms. The number of imidazole rings is 1. The summed E-state index contributed by atoms with van der Waals surface area (Å²) in [5.74, 6) is -2.09. The number of hydrogen-bond donors (Lipinski definition) is 2. The van der Waals surface area contributed by atoms with Gasteiger partial charge in [-0.15, -0.1) is 0 Å². The highest BCUT2D eigenvalue weighted by Gasteiger charge is 2.15. The molecule has 1 heterocycles. The zero-order valence-electron chi connectivity index (χ0n) is 8.94. The minimum absolute atomic E-state index is 0.210. The Bertz CT molecular complexity index is 592. The number of carbonyl (C=O) groups excluding carboxylic acids is 2. The topological polar surface area (TPSA) is 97.9 Å². The largest absolute Gasteiger partial charge is 0.543 e. The number of nitrogens with one attached hydrogen (secondary N) is 2. The van der Waals surface area contributed by atoms with Crippen LogP contribution in [0.15, 0.2) is 35.1 Å². The number of hydrogen-bond acceptors (Lipinski definition) is 4. The fourth-order valence-electron chi connectivity index (χ4n) is 1.35. The van der Waals surface area contributed by atoms with E-state index >= 15 is 0 Å². The molecule has 1 aromatic heterocycles. The summed E-state index contributed by atoms with van der Waals surface area (Å²) in [5, 5.41) is 13.2. The Morgan fingerprint density at radius 1 is 1.28 bits per heavy atom. The Balaban J connectivity index is 2.19. The molecule has 0 radical (unpaired) electrons. The van der Waals surface area contributed by atoms with Gasteiger partial charge in [-0.3, -0.25) is 4.79 Å². The summed E-state index contributed by atoms with van der Waals surface area (Å²) in [6.45, 7) is 0. The van der Waals surface area contributed by atoms with Gasteiger partial charge >= 0.3 is 0 Å². The summed E-state index contributed by atoms with van der Waals surface area (Å²) in [5.41, 5.74) is -0.0157. The standard InChI is InChI=1S/C11H8BrN3O3/c12-6-1-3-7(4-2-6)15-10(16)8-9(11(17)18)14-5-13-8/h1-5H,(H,13,14)(H,15,16)(H,17,18)/p-1. The van der Waals surface area contributed by atoms with E-state index in [9.17, 15) is 14.7 Å². The maximum atomic E-state index is 11.8. The predicted molar refractivity (Wildman–Crippen MR) is 65.0 cm³/mol. The van der Waals surface area contributed by atoms with Crippen LogP contribution in [0.1, 0.15) is 21.0 Å². The van der Waals surface area contributed by atoms with Crippen molar-refractivity contribution in [3.05, 3.63) is 46.5 Å². The van der Waals surface area contributed by atoms with Crippen LogP contribution in [0.25, 0.3) is 0 Å². The molecule has 0 unspecified atom stereocenters. The second-order valence-electron chi connectivity index (χ2n) is 3.37. The molecule has 0 atom stereocenters. The first-order valence-corrected chi connectivity index (χ1v) is 5.69. The number of H-pyrrole nitrogens is 1. The van der Waals surface area contributed by atoms with Crippen molar-refractivity contribution in [2.75, 3.05) is 5.32 Å². The molecule has 6 nitrogen and oxygen atoms in total. The molecule has 0 aliphatic carbocycles. The number of carboxylic acids is 1. The lowest BCUT2D eigenvalue weighted by Crippen LogP contribution is -2.26. The molecule has 18 heavy (non-hydrogen) atoms. The molecular weight excluding hydrogens is 302 g/mol. The van der Waals surface area contributed by atoms with E-state index in [0.29, 0.717) is 5.69 Å². The van der Waals surface area contributed by atoms with Crippen molar-refractivity contribution in [2.24, 2.45) is 0 Å². The average Bonchev–Trinajstić information content (AvgIpc) is 2.81. The molecule has 92 valence electrons. The van der Waals surface area contributed by atoms with Gasteiger partial charge in [-0.05, 0) is 24.3 Å². The summed E-state index contributed by atoms with van der Waals surface area (Å²) < 4.78 is 0.871. The summed E-state index contributed by atoms with van der Waals surface area (Å²) in [4.78, 5) is 28.5. The molecule has 1 amide bonds. The zero-order valence-corrected chi connectivity index (χ0v) is 10.5. The molecule has 0 aliphatic heterocycles. The lowest BCUT2D eigenvalue weighted by atomic mass is 10.2. The number of amides is 1. The first kappa shape index (κ1) is 12.3. The van der Waals surface area contributed by atoms with Gasteiger partial charge in [-0.1, -0.05) is 15.9 Å². The molecule has 7 heteroatoms. The maximum absolute atomic E-state index is 11.8. The molecule has 2 aromatic rings. The number of anilines is 1. The molecule has 0 aliphatic rings. The minimum Gasteiger partial charge on any atom is -0.543 e. The Morgan fingerprint density at radius 3 is 2.56 bits per heavy atom. The lowest BCUT2D eigenvalue weighted by molar-refractivity contribution is -0.255. The fourth-order valence-corrected chi connectivity index (χ4v) is 1.61. The van der Waals surface area contributed by atoms with Crippen LogP contribution in [-0.4, -0.2) is 21.8 Å². The number of benzene rings is 1. The van der Waals surface area contributed by atoms with Crippen LogP contribution in [0, 0.1) is 0 Å². The normalized spacial score (nSPS) is 10.1. The molecule has 0 fully saturated rings. The van der Waals surface area contributed by atoms with Crippen molar-refractivity contribution in [3.8, 4) is 0 Å². The van der Waals surface area contributed by atoms with Crippen molar-refractivity contribution in [3.63, 3.8) is 0 Å². The van der Waals surface area contributed by atoms with Crippen LogP contribution in [0.4, 0.5) is 5.69 Å². The number of nitrogens with zero attached hydrogens (tertiary/aromatic N) is 1. The second kappa shape index (κ2) is 5.01. The first-order chi connectivity index (χ1) is 8.58. The van der Waals surface area contributed by atoms with E-state index in [0.717, 1.165) is 10.8 Å². The second-order valence-corrected chi connectivity index (χ2v) is 4.29. The van der Waals surface area contributed by atoms with Gasteiger partial charge in [0, 0.05) is 10.2 Å². The molecule has 1 aromatic carbocycles. The van der Waals surface area contributed by atoms with Crippen LogP contribution < -0.4 is 10.4 Å². The first-order valence-electron chi connectivity index (χ1n) is 4.89. The Labute approximate surface area is 110 Å². The quantitative estimate of drug-likeness (QED) is 0.875. The van der Waals surface area contributed by atoms with Gasteiger partial charge in [-0.25, -0.2) is 4.98 Å². The van der Waals surface area contributed by atoms with Crippen LogP contribution >= 0.6 is 15.9 Å². The summed E-state index contributed by atoms with van der Waals surface area (Å²) >= 11 is 3.27. The van der Waals surface area contributed by atoms with E-state index in [1.165, 1.54) is 0 Å². The van der Waals surface area contributed by atoms with E-state index in [-0.39, 0.29) is 11.4 Å². The van der Waals surface area contributed by atoms with Gasteiger partial charge in [0.15, 0.2) is 5.69 Å². The van der Waals surface area contributed by atoms with E-state index < -0.39 is 11.9 Å². The van der Waals surface area contributed by atoms with Crippen LogP contribution in [0.3, 0.4) is 0 Å². The zero-order chi connectivity index (χ0) is 13.1. The van der Waals surface area contributed by atoms with Crippen molar-refractivity contribution < 1.29 is 14.7 Å². The number of aromatic carboxylic acids is 1. The third kappa shape index (κ3) is 2.57. The lowest BCUT2D eigenvalue weighted by Gasteiger charge is -2.05. The molecule has 0 saturated carbocycles. The molecule has 2 rings (SSSR count). The van der Waals surface area contributed by atoms with Gasteiger partial charge in [0.05, 0.1) is 18.0 Å². The number of carboxylic acid groups (broad SMARTS) is 1. The van der Waals surface area contributed by atoms with E-state index in [1.54, 1.807) is 24.3 Å². The Kier molecular flexibility index (Phi) is 3.42. The number of halogens is 1. The van der Waals surface area contributed by atoms with Crippen molar-refractivity contribution in [1.29, 1.82) is 0 Å². The highest BCUT2D eigenvalue weighted by Crippen LogP contribution is 2.15. The third-order valence-electron chi connectivity index (χ3n) is 2.16. The SMILES string of the molecule is O=C(Nc1ccc(Br)cc1)c1nc[nH]c1C(=O)[O-]. The number of rotatable bonds is 3. The monoisotopic (exact) mass is 308 g/mol. The molecule has 2 N–H and O–H groups in total. The third-order valence-corrected chi connectivity index (χ3v) is 2.69. The summed E-state index contributed by atoms with van der Waals surface area (Å²) in [6.07, 6.45) is 1.13. The van der Waals surface area contributed by atoms with Crippen molar-refractivity contribution >= 4 is 33.5 Å². The maximum Gasteiger partial charge on any atom is 0.276 e. The summed E-state index contributed by atoms with van der Waals surface area (Å²) in [6, 6.07) is 6.85. The van der Waals surface area contributed by atoms with Crippen LogP contribution in [0.2, 0.25) is 0 Å². The average molecular weight is 309 g/mol. The van der Waals surface area contributed by atoms with Crippen molar-refractivity contribution in [1.82, 2.24) is 9.97 Å². The highest BCUT2D eigenvalue weighted by molar-refractivity contribution is 9.10. The smallest absolute Gasteiger partial charge is 0.276 e. The molecule has 0 saturated heterocycles. The fraction of sp³-hybridized carbons (Fsp3) is 0.